The normalized spacial score (nSPS) is 16.1. The van der Waals surface area contributed by atoms with Gasteiger partial charge in [-0.15, -0.1) is 6.58 Å². The molecule has 2 aromatic carbocycles. The summed E-state index contributed by atoms with van der Waals surface area (Å²) in [7, 11) is 0. The van der Waals surface area contributed by atoms with Gasteiger partial charge in [0, 0.05) is 0 Å². The summed E-state index contributed by atoms with van der Waals surface area (Å²) in [5.41, 5.74) is 5.69. The van der Waals surface area contributed by atoms with Crippen LogP contribution in [-0.4, -0.2) is 6.61 Å². The predicted molar refractivity (Wildman–Crippen MR) is 112 cm³/mol. The van der Waals surface area contributed by atoms with E-state index in [1.54, 1.807) is 5.56 Å². The number of benzene rings is 2. The maximum Gasteiger partial charge on any atom is 0.119 e. The molecule has 138 valence electrons. The Kier molecular flexibility index (Phi) is 6.94. The molecule has 1 heteroatoms. The molecule has 0 aromatic heterocycles. The third kappa shape index (κ3) is 5.00. The fourth-order valence-corrected chi connectivity index (χ4v) is 3.90. The molecule has 0 N–H and O–H groups in total. The van der Waals surface area contributed by atoms with Crippen LogP contribution in [-0.2, 0) is 12.8 Å². The number of fused-ring (bicyclic) bond motifs is 1. The van der Waals surface area contributed by atoms with Gasteiger partial charge in [0.05, 0.1) is 6.61 Å². The van der Waals surface area contributed by atoms with Crippen LogP contribution >= 0.6 is 0 Å². The summed E-state index contributed by atoms with van der Waals surface area (Å²) in [4.78, 5) is 0. The molecule has 0 heterocycles. The number of unbranched alkanes of at least 4 members (excludes halogenated alkanes) is 2. The van der Waals surface area contributed by atoms with E-state index in [-0.39, 0.29) is 0 Å². The Morgan fingerprint density at radius 1 is 1.04 bits per heavy atom. The third-order valence-electron chi connectivity index (χ3n) is 5.52. The van der Waals surface area contributed by atoms with E-state index >= 15 is 0 Å². The van der Waals surface area contributed by atoms with Crippen LogP contribution in [0.15, 0.2) is 55.1 Å². The van der Waals surface area contributed by atoms with Crippen LogP contribution in [0.3, 0.4) is 0 Å². The van der Waals surface area contributed by atoms with Gasteiger partial charge in [0.15, 0.2) is 0 Å². The SMILES string of the molecule is C=CCCC1CCc2cc(-c3ccc(OCCCCC)cc3)ccc2C1. The fraction of sp³-hybridized carbons (Fsp3) is 0.440. The van der Waals surface area contributed by atoms with Gasteiger partial charge in [-0.05, 0) is 78.8 Å². The van der Waals surface area contributed by atoms with Crippen molar-refractivity contribution in [2.45, 2.75) is 58.3 Å². The molecule has 0 fully saturated rings. The zero-order chi connectivity index (χ0) is 18.2. The predicted octanol–water partition coefficient (Wildman–Crippen LogP) is 6.99. The minimum Gasteiger partial charge on any atom is -0.494 e. The molecule has 3 rings (SSSR count). The zero-order valence-corrected chi connectivity index (χ0v) is 16.2. The summed E-state index contributed by atoms with van der Waals surface area (Å²) in [5.74, 6) is 1.81. The summed E-state index contributed by atoms with van der Waals surface area (Å²) >= 11 is 0. The smallest absolute Gasteiger partial charge is 0.119 e. The largest absolute Gasteiger partial charge is 0.494 e. The standard InChI is InChI=1S/C25H32O/c1-3-5-7-17-26-25-15-13-21(14-16-25)23-12-11-22-18-20(8-6-4-2)9-10-24(22)19-23/h4,11-16,19-20H,2-3,5-10,17-18H2,1H3. The Bertz CT molecular complexity index is 699. The minimum atomic E-state index is 0.819. The van der Waals surface area contributed by atoms with Gasteiger partial charge in [0.25, 0.3) is 0 Å². The van der Waals surface area contributed by atoms with Crippen molar-refractivity contribution in [2.75, 3.05) is 6.61 Å². The van der Waals surface area contributed by atoms with Gasteiger partial charge in [0.2, 0.25) is 0 Å². The highest BCUT2D eigenvalue weighted by molar-refractivity contribution is 5.66. The second-order valence-corrected chi connectivity index (χ2v) is 7.54. The number of ether oxygens (including phenoxy) is 1. The molecule has 0 spiro atoms. The van der Waals surface area contributed by atoms with Crippen LogP contribution in [0.25, 0.3) is 11.1 Å². The first-order chi connectivity index (χ1) is 12.8. The second-order valence-electron chi connectivity index (χ2n) is 7.54. The molecule has 2 aromatic rings. The van der Waals surface area contributed by atoms with Crippen LogP contribution in [0, 0.1) is 5.92 Å². The maximum absolute atomic E-state index is 5.83. The van der Waals surface area contributed by atoms with Crippen LogP contribution in [0.2, 0.25) is 0 Å². The number of hydrogen-bond donors (Lipinski definition) is 0. The molecule has 1 nitrogen and oxygen atoms in total. The Morgan fingerprint density at radius 2 is 1.85 bits per heavy atom. The molecule has 1 unspecified atom stereocenters. The quantitative estimate of drug-likeness (QED) is 0.350. The van der Waals surface area contributed by atoms with E-state index in [1.807, 2.05) is 0 Å². The van der Waals surface area contributed by atoms with Crippen LogP contribution in [0.5, 0.6) is 5.75 Å². The molecule has 0 amide bonds. The van der Waals surface area contributed by atoms with E-state index in [0.29, 0.717) is 0 Å². The van der Waals surface area contributed by atoms with Gasteiger partial charge in [-0.2, -0.15) is 0 Å². The van der Waals surface area contributed by atoms with Gasteiger partial charge in [-0.25, -0.2) is 0 Å². The minimum absolute atomic E-state index is 0.819. The summed E-state index contributed by atoms with van der Waals surface area (Å²) < 4.78 is 5.83. The molecule has 0 aliphatic heterocycles. The van der Waals surface area contributed by atoms with Crippen LogP contribution < -0.4 is 4.74 Å². The van der Waals surface area contributed by atoms with Gasteiger partial charge < -0.3 is 4.74 Å². The lowest BCUT2D eigenvalue weighted by Gasteiger charge is -2.25. The average molecular weight is 349 g/mol. The van der Waals surface area contributed by atoms with E-state index in [4.69, 9.17) is 4.74 Å². The summed E-state index contributed by atoms with van der Waals surface area (Å²) in [5, 5.41) is 0. The third-order valence-corrected chi connectivity index (χ3v) is 5.52. The topological polar surface area (TPSA) is 9.23 Å². The molecule has 0 radical (unpaired) electrons. The number of rotatable bonds is 9. The first-order valence-electron chi connectivity index (χ1n) is 10.3. The Morgan fingerprint density at radius 3 is 2.62 bits per heavy atom. The Balaban J connectivity index is 1.62. The number of aryl methyl sites for hydroxylation is 1. The van der Waals surface area contributed by atoms with Crippen molar-refractivity contribution in [1.29, 1.82) is 0 Å². The highest BCUT2D eigenvalue weighted by atomic mass is 16.5. The molecular formula is C25H32O. The maximum atomic E-state index is 5.83. The molecular weight excluding hydrogens is 316 g/mol. The molecule has 26 heavy (non-hydrogen) atoms. The van der Waals surface area contributed by atoms with Crippen molar-refractivity contribution in [1.82, 2.24) is 0 Å². The molecule has 1 aliphatic carbocycles. The van der Waals surface area contributed by atoms with Crippen molar-refractivity contribution < 1.29 is 4.74 Å². The lowest BCUT2D eigenvalue weighted by atomic mass is 9.80. The summed E-state index contributed by atoms with van der Waals surface area (Å²) in [6, 6.07) is 15.6. The van der Waals surface area contributed by atoms with Crippen molar-refractivity contribution in [2.24, 2.45) is 5.92 Å². The van der Waals surface area contributed by atoms with Crippen molar-refractivity contribution in [3.63, 3.8) is 0 Å². The van der Waals surface area contributed by atoms with Crippen molar-refractivity contribution >= 4 is 0 Å². The van der Waals surface area contributed by atoms with Crippen LogP contribution in [0.1, 0.15) is 56.6 Å². The van der Waals surface area contributed by atoms with Gasteiger partial charge in [-0.1, -0.05) is 56.2 Å². The van der Waals surface area contributed by atoms with Gasteiger partial charge >= 0.3 is 0 Å². The molecule has 0 saturated heterocycles. The Labute approximate surface area is 159 Å². The number of hydrogen-bond acceptors (Lipinski definition) is 1. The molecule has 0 bridgehead atoms. The summed E-state index contributed by atoms with van der Waals surface area (Å²) in [6.07, 6.45) is 11.8. The van der Waals surface area contributed by atoms with E-state index in [2.05, 4.69) is 62.0 Å². The molecule has 1 aliphatic rings. The van der Waals surface area contributed by atoms with Gasteiger partial charge in [-0.3, -0.25) is 0 Å². The monoisotopic (exact) mass is 348 g/mol. The van der Waals surface area contributed by atoms with E-state index in [1.165, 1.54) is 55.2 Å². The second kappa shape index (κ2) is 9.62. The fourth-order valence-electron chi connectivity index (χ4n) is 3.90. The highest BCUT2D eigenvalue weighted by Gasteiger charge is 2.18. The average Bonchev–Trinajstić information content (AvgIpc) is 2.69. The summed E-state index contributed by atoms with van der Waals surface area (Å²) in [6.45, 7) is 6.89. The highest BCUT2D eigenvalue weighted by Crippen LogP contribution is 2.32. The van der Waals surface area contributed by atoms with Crippen molar-refractivity contribution in [3.05, 3.63) is 66.2 Å². The van der Waals surface area contributed by atoms with E-state index in [0.717, 1.165) is 31.1 Å². The van der Waals surface area contributed by atoms with E-state index in [9.17, 15) is 0 Å². The first kappa shape index (κ1) is 18.8. The van der Waals surface area contributed by atoms with Gasteiger partial charge in [0.1, 0.15) is 5.75 Å². The zero-order valence-electron chi connectivity index (χ0n) is 16.2. The lowest BCUT2D eigenvalue weighted by Crippen LogP contribution is -2.14. The van der Waals surface area contributed by atoms with Crippen molar-refractivity contribution in [3.8, 4) is 16.9 Å². The first-order valence-corrected chi connectivity index (χ1v) is 10.3. The lowest BCUT2D eigenvalue weighted by molar-refractivity contribution is 0.306. The molecule has 0 saturated carbocycles. The van der Waals surface area contributed by atoms with Crippen LogP contribution in [0.4, 0.5) is 0 Å². The number of allylic oxidation sites excluding steroid dienone is 1. The van der Waals surface area contributed by atoms with E-state index < -0.39 is 0 Å². The Hall–Kier alpha value is -2.02. The molecule has 1 atom stereocenters.